The van der Waals surface area contributed by atoms with Crippen molar-refractivity contribution in [2.45, 2.75) is 88.9 Å². The summed E-state index contributed by atoms with van der Waals surface area (Å²) < 4.78 is 15.9. The van der Waals surface area contributed by atoms with Gasteiger partial charge >= 0.3 is 5.97 Å². The number of hydrogen-bond donors (Lipinski definition) is 2. The number of esters is 1. The first-order valence-electron chi connectivity index (χ1n) is 39.6. The number of phenols is 1. The Bertz CT molecular complexity index is 5520. The van der Waals surface area contributed by atoms with Crippen LogP contribution in [0.4, 0.5) is 5.69 Å². The quantitative estimate of drug-likeness (QED) is 0.0674. The predicted molar refractivity (Wildman–Crippen MR) is 441 cm³/mol. The van der Waals surface area contributed by atoms with Crippen molar-refractivity contribution in [2.24, 2.45) is 0 Å². The minimum atomic E-state index is -1.12. The molecule has 18 rings (SSSR count). The molecule has 0 aliphatic carbocycles. The Morgan fingerprint density at radius 3 is 1.09 bits per heavy atom. The van der Waals surface area contributed by atoms with E-state index in [1.165, 1.54) is 0 Å². The summed E-state index contributed by atoms with van der Waals surface area (Å²) in [7, 11) is 3.21. The largest absolute Gasteiger partial charge is 0.508 e. The molecule has 23 nitrogen and oxygen atoms in total. The number of amides is 9. The van der Waals surface area contributed by atoms with Gasteiger partial charge in [0, 0.05) is 156 Å². The average Bonchev–Trinajstić information content (AvgIpc) is 1.55. The number of phenolic OH excluding ortho intramolecular Hbond substituents is 1. The number of aromatic hydroxyl groups is 1. The van der Waals surface area contributed by atoms with E-state index in [-0.39, 0.29) is 84.1 Å². The maximum Gasteiger partial charge on any atom is 0.310 e. The molecule has 4 saturated heterocycles. The number of halogens is 1. The molecule has 0 aromatic heterocycles. The van der Waals surface area contributed by atoms with Crippen molar-refractivity contribution in [2.75, 3.05) is 71.9 Å². The fourth-order valence-corrected chi connectivity index (χ4v) is 18.5. The van der Waals surface area contributed by atoms with Crippen LogP contribution in [0.1, 0.15) is 150 Å². The van der Waals surface area contributed by atoms with E-state index in [2.05, 4.69) is 5.32 Å². The van der Waals surface area contributed by atoms with Gasteiger partial charge < -0.3 is 63.8 Å². The fourth-order valence-electron chi connectivity index (χ4n) is 18.3. The number of nitrogens with zero attached hydrogens (tertiary/aromatic N) is 8. The van der Waals surface area contributed by atoms with E-state index in [1.54, 1.807) is 110 Å². The van der Waals surface area contributed by atoms with Gasteiger partial charge in [-0.3, -0.25) is 47.9 Å². The first-order valence-corrected chi connectivity index (χ1v) is 40.0. The van der Waals surface area contributed by atoms with Gasteiger partial charge in [0.2, 0.25) is 29.5 Å². The Labute approximate surface area is 688 Å². The molecular formula is C94H88ClN9O14. The van der Waals surface area contributed by atoms with Crippen LogP contribution in [0.3, 0.4) is 0 Å². The van der Waals surface area contributed by atoms with E-state index >= 15 is 0 Å². The van der Waals surface area contributed by atoms with Crippen molar-refractivity contribution in [3.8, 4) is 23.0 Å². The van der Waals surface area contributed by atoms with Crippen LogP contribution >= 0.6 is 11.6 Å². The molecule has 4 fully saturated rings. The van der Waals surface area contributed by atoms with Gasteiger partial charge in [-0.25, -0.2) is 0 Å². The molecule has 0 bridgehead atoms. The van der Waals surface area contributed by atoms with Crippen LogP contribution in [0.25, 0.3) is 0 Å². The number of benzene rings is 10. The highest BCUT2D eigenvalue weighted by Gasteiger charge is 2.64. The zero-order valence-corrected chi connectivity index (χ0v) is 67.0. The highest BCUT2D eigenvalue weighted by molar-refractivity contribution is 6.30. The third-order valence-corrected chi connectivity index (χ3v) is 23.6. The first kappa shape index (κ1) is 79.8. The van der Waals surface area contributed by atoms with Gasteiger partial charge in [0.15, 0.2) is 22.7 Å². The lowest BCUT2D eigenvalue weighted by Crippen LogP contribution is -2.52. The van der Waals surface area contributed by atoms with Crippen LogP contribution in [0.2, 0.25) is 5.02 Å². The van der Waals surface area contributed by atoms with Crippen LogP contribution in [0.5, 0.6) is 23.0 Å². The SMILES string of the molecule is CCC(=O)N1CCN2C(=O)c3ccccc3C12c1cccc(Cl)c1.CCC(=O)N1CCN2C(=O)c3ccccc3C12c1cccc(O)c1.CCC(=O)Oc1cccc(C23c4ccccc4C(=O)N2CCN3C(=O)CC)c1.COc1ccc(CC(=O)Nc2cccc(C34c5ccccc5C(=O)N3CCN4C(=O)Cc3ccc(OC)cc3)c2)cc1. The summed E-state index contributed by atoms with van der Waals surface area (Å²) in [6.07, 6.45) is 1.74. The van der Waals surface area contributed by atoms with Crippen LogP contribution in [0, 0.1) is 0 Å². The van der Waals surface area contributed by atoms with Gasteiger partial charge in [-0.05, 0) is 108 Å². The number of methoxy groups -OCH3 is 2. The number of ether oxygens (including phenoxy) is 3. The number of anilines is 1. The normalized spacial score (nSPS) is 19.7. The predicted octanol–water partition coefficient (Wildman–Crippen LogP) is 13.1. The molecule has 0 spiro atoms. The van der Waals surface area contributed by atoms with Crippen LogP contribution in [-0.4, -0.2) is 170 Å². The maximum atomic E-state index is 14.0. The van der Waals surface area contributed by atoms with Gasteiger partial charge in [0.25, 0.3) is 23.6 Å². The van der Waals surface area contributed by atoms with Crippen molar-refractivity contribution in [1.82, 2.24) is 39.2 Å². The van der Waals surface area contributed by atoms with E-state index in [0.29, 0.717) is 110 Å². The summed E-state index contributed by atoms with van der Waals surface area (Å²) in [6.45, 7) is 11.0. The van der Waals surface area contributed by atoms with E-state index in [9.17, 15) is 53.1 Å². The second-order valence-corrected chi connectivity index (χ2v) is 30.0. The van der Waals surface area contributed by atoms with Gasteiger partial charge in [0.05, 0.1) is 27.1 Å². The fraction of sp³-hybridized carbons (Fsp3) is 0.255. The van der Waals surface area contributed by atoms with E-state index in [0.717, 1.165) is 67.1 Å². The summed E-state index contributed by atoms with van der Waals surface area (Å²) in [4.78, 5) is 144. The number of fused-ring (bicyclic) bond motifs is 12. The zero-order chi connectivity index (χ0) is 83.0. The monoisotopic (exact) mass is 1600 g/mol. The van der Waals surface area contributed by atoms with Crippen LogP contribution in [-0.2, 0) is 64.3 Å². The van der Waals surface area contributed by atoms with Gasteiger partial charge in [-0.15, -0.1) is 0 Å². The third kappa shape index (κ3) is 13.3. The zero-order valence-electron chi connectivity index (χ0n) is 66.2. The van der Waals surface area contributed by atoms with E-state index < -0.39 is 22.7 Å². The first-order chi connectivity index (χ1) is 57.2. The standard InChI is InChI=1S/C34H31N3O5.C22H22N2O4.C19H17ClN2O2.C19H18N2O3/c1-41-27-14-10-23(11-15-27)20-31(38)35-26-7-5-6-25(22-26)34-30-9-4-3-8-29(30)33(40)37(34)19-18-36(34)32(39)21-24-12-16-28(42-2)17-13-24;1-3-19(25)23-12-13-24-21(27)17-10-5-6-11-18(17)22(23,24)15-8-7-9-16(14-15)28-20(26)4-2;1-2-17(23)21-10-11-22-18(24)15-8-3-4-9-16(15)19(21,22)13-6-5-7-14(20)12-13;1-2-17(23)20-10-11-21-18(24)15-8-3-4-9-16(15)19(20,21)13-6-5-7-14(22)12-13/h3-17,22H,18-21H2,1-2H3,(H,35,38);5-11,14H,3-4,12-13H2,1-2H3;3-9,12H,2,10-11H2,1H3;3-9,12,22H,2,10-11H2,1H3. The van der Waals surface area contributed by atoms with Crippen molar-refractivity contribution < 1.29 is 67.3 Å². The molecule has 0 radical (unpaired) electrons. The average molecular weight is 1600 g/mol. The number of carbonyl (C=O) groups is 10. The molecule has 600 valence electrons. The molecule has 4 atom stereocenters. The van der Waals surface area contributed by atoms with Gasteiger partial charge in [-0.1, -0.05) is 185 Å². The molecule has 2 N–H and O–H groups in total. The molecule has 10 aromatic rings. The third-order valence-electron chi connectivity index (χ3n) is 23.4. The molecule has 118 heavy (non-hydrogen) atoms. The van der Waals surface area contributed by atoms with E-state index in [4.69, 9.17) is 25.8 Å². The number of nitrogens with one attached hydrogen (secondary N) is 1. The Balaban J connectivity index is 0.000000127. The Morgan fingerprint density at radius 1 is 0.364 bits per heavy atom. The maximum absolute atomic E-state index is 14.0. The smallest absolute Gasteiger partial charge is 0.310 e. The Kier molecular flexibility index (Phi) is 22.1. The highest BCUT2D eigenvalue weighted by atomic mass is 35.5. The molecule has 24 heteroatoms. The summed E-state index contributed by atoms with van der Waals surface area (Å²) in [5.74, 6) is 1.07. The molecule has 8 aliphatic rings. The summed E-state index contributed by atoms with van der Waals surface area (Å²) >= 11 is 6.23. The molecule has 9 amide bonds. The molecule has 4 unspecified atom stereocenters. The summed E-state index contributed by atoms with van der Waals surface area (Å²) in [6, 6.07) is 73.5. The summed E-state index contributed by atoms with van der Waals surface area (Å²) in [5.41, 5.74) is 7.08. The lowest BCUT2D eigenvalue weighted by Gasteiger charge is -2.40. The van der Waals surface area contributed by atoms with Crippen molar-refractivity contribution in [1.29, 1.82) is 0 Å². The van der Waals surface area contributed by atoms with Crippen molar-refractivity contribution in [3.63, 3.8) is 0 Å². The topological polar surface area (TPSA) is 257 Å². The van der Waals surface area contributed by atoms with Crippen molar-refractivity contribution in [3.05, 3.63) is 326 Å². The van der Waals surface area contributed by atoms with E-state index in [1.807, 2.05) is 214 Å². The van der Waals surface area contributed by atoms with Crippen molar-refractivity contribution >= 4 is 76.4 Å². The lowest BCUT2D eigenvalue weighted by molar-refractivity contribution is -0.137. The second kappa shape index (κ2) is 32.7. The summed E-state index contributed by atoms with van der Waals surface area (Å²) in [5, 5.41) is 13.6. The molecule has 0 saturated carbocycles. The van der Waals surface area contributed by atoms with Crippen LogP contribution < -0.4 is 19.5 Å². The van der Waals surface area contributed by atoms with Gasteiger partial charge in [-0.2, -0.15) is 0 Å². The second-order valence-electron chi connectivity index (χ2n) is 29.5. The molecule has 8 heterocycles. The molecule has 10 aromatic carbocycles. The number of hydrogen-bond acceptors (Lipinski definition) is 14. The Hall–Kier alpha value is -13.4. The molecular weight excluding hydrogens is 1510 g/mol. The van der Waals surface area contributed by atoms with Gasteiger partial charge in [0.1, 0.15) is 23.0 Å². The minimum absolute atomic E-state index is 0.00894. The lowest BCUT2D eigenvalue weighted by atomic mass is 9.89. The van der Waals surface area contributed by atoms with Crippen LogP contribution in [0.15, 0.2) is 243 Å². The highest BCUT2D eigenvalue weighted by Crippen LogP contribution is 2.55. The minimum Gasteiger partial charge on any atom is -0.508 e. The molecule has 8 aliphatic heterocycles. The number of carbonyl (C=O) groups excluding carboxylic acids is 10. The Morgan fingerprint density at radius 2 is 0.712 bits per heavy atom. The number of rotatable bonds is 16.